The van der Waals surface area contributed by atoms with Crippen molar-refractivity contribution in [2.45, 2.75) is 39.5 Å². The number of rotatable bonds is 8. The first-order valence-corrected chi connectivity index (χ1v) is 7.82. The molecule has 23 heavy (non-hydrogen) atoms. The molecule has 1 unspecified atom stereocenters. The van der Waals surface area contributed by atoms with Gasteiger partial charge in [0.1, 0.15) is 12.0 Å². The minimum Gasteiger partial charge on any atom is -0.493 e. The van der Waals surface area contributed by atoms with Crippen LogP contribution in [-0.4, -0.2) is 29.1 Å². The van der Waals surface area contributed by atoms with Crippen LogP contribution >= 0.6 is 0 Å². The number of benzene rings is 1. The van der Waals surface area contributed by atoms with Crippen LogP contribution in [0.15, 0.2) is 34.9 Å². The van der Waals surface area contributed by atoms with Crippen molar-refractivity contribution >= 4 is 12.2 Å². The van der Waals surface area contributed by atoms with Crippen LogP contribution in [0.2, 0.25) is 0 Å². The van der Waals surface area contributed by atoms with E-state index in [2.05, 4.69) is 10.5 Å². The van der Waals surface area contributed by atoms with Gasteiger partial charge in [-0.25, -0.2) is 0 Å². The zero-order valence-electron chi connectivity index (χ0n) is 13.8. The van der Waals surface area contributed by atoms with Crippen molar-refractivity contribution in [3.05, 3.63) is 47.3 Å². The number of aliphatic hydroxyl groups is 1. The minimum atomic E-state index is -0.560. The van der Waals surface area contributed by atoms with Gasteiger partial charge in [0.05, 0.1) is 12.3 Å². The molecule has 1 aromatic carbocycles. The third kappa shape index (κ3) is 5.88. The second-order valence-corrected chi connectivity index (χ2v) is 5.72. The molecule has 2 rings (SSSR count). The molecule has 0 saturated carbocycles. The third-order valence-corrected chi connectivity index (χ3v) is 3.17. The van der Waals surface area contributed by atoms with Gasteiger partial charge in [-0.1, -0.05) is 23.4 Å². The predicted molar refractivity (Wildman–Crippen MR) is 91.0 cm³/mol. The van der Waals surface area contributed by atoms with Gasteiger partial charge in [-0.2, -0.15) is 0 Å². The monoisotopic (exact) mass is 316 g/mol. The van der Waals surface area contributed by atoms with E-state index in [0.29, 0.717) is 18.8 Å². The minimum absolute atomic E-state index is 0.241. The molecule has 5 nitrogen and oxygen atoms in total. The summed E-state index contributed by atoms with van der Waals surface area (Å²) in [5, 5.41) is 16.7. The topological polar surface area (TPSA) is 67.5 Å². The summed E-state index contributed by atoms with van der Waals surface area (Å²) < 4.78 is 10.9. The summed E-state index contributed by atoms with van der Waals surface area (Å²) in [7, 11) is 0. The molecule has 0 bridgehead atoms. The molecule has 1 atom stereocenters. The van der Waals surface area contributed by atoms with E-state index in [1.807, 2.05) is 63.3 Å². The van der Waals surface area contributed by atoms with Crippen LogP contribution in [0.3, 0.4) is 0 Å². The molecule has 124 valence electrons. The summed E-state index contributed by atoms with van der Waals surface area (Å²) in [5.74, 6) is 1.48. The SMILES string of the molecule is Cc1cc(C=Cc2ccccc2OCCC(O)NC(C)C)on1. The van der Waals surface area contributed by atoms with Crippen LogP contribution in [0.5, 0.6) is 5.75 Å². The largest absolute Gasteiger partial charge is 0.493 e. The normalized spacial score (nSPS) is 12.9. The van der Waals surface area contributed by atoms with Gasteiger partial charge in [0.15, 0.2) is 5.76 Å². The van der Waals surface area contributed by atoms with E-state index in [1.54, 1.807) is 0 Å². The van der Waals surface area contributed by atoms with E-state index >= 15 is 0 Å². The highest BCUT2D eigenvalue weighted by Crippen LogP contribution is 2.21. The molecule has 1 aromatic heterocycles. The van der Waals surface area contributed by atoms with Crippen LogP contribution in [0.25, 0.3) is 12.2 Å². The van der Waals surface area contributed by atoms with E-state index in [9.17, 15) is 5.11 Å². The molecule has 0 fully saturated rings. The Morgan fingerprint density at radius 2 is 2.09 bits per heavy atom. The lowest BCUT2D eigenvalue weighted by Crippen LogP contribution is -2.35. The molecule has 0 aliphatic carbocycles. The summed E-state index contributed by atoms with van der Waals surface area (Å²) in [4.78, 5) is 0. The highest BCUT2D eigenvalue weighted by molar-refractivity contribution is 5.70. The number of nitrogens with one attached hydrogen (secondary N) is 1. The average Bonchev–Trinajstić information content (AvgIpc) is 2.91. The standard InChI is InChI=1S/C18H24N2O3/c1-13(2)19-18(21)10-11-22-17-7-5-4-6-15(17)8-9-16-12-14(3)20-23-16/h4-9,12-13,18-19,21H,10-11H2,1-3H3. The number of para-hydroxylation sites is 1. The Morgan fingerprint density at radius 3 is 2.78 bits per heavy atom. The van der Waals surface area contributed by atoms with E-state index in [-0.39, 0.29) is 6.04 Å². The summed E-state index contributed by atoms with van der Waals surface area (Å²) >= 11 is 0. The number of hydrogen-bond donors (Lipinski definition) is 2. The van der Waals surface area contributed by atoms with Crippen LogP contribution in [0.1, 0.15) is 37.3 Å². The van der Waals surface area contributed by atoms with Gasteiger partial charge in [0.2, 0.25) is 0 Å². The van der Waals surface area contributed by atoms with Crippen molar-refractivity contribution < 1.29 is 14.4 Å². The number of ether oxygens (including phenoxy) is 1. The molecule has 0 saturated heterocycles. The van der Waals surface area contributed by atoms with Gasteiger partial charge in [-0.05, 0) is 39.0 Å². The van der Waals surface area contributed by atoms with Crippen LogP contribution in [-0.2, 0) is 0 Å². The molecule has 2 aromatic rings. The molecular formula is C18H24N2O3. The lowest BCUT2D eigenvalue weighted by molar-refractivity contribution is 0.0995. The number of hydrogen-bond acceptors (Lipinski definition) is 5. The zero-order chi connectivity index (χ0) is 16.7. The van der Waals surface area contributed by atoms with Gasteiger partial charge >= 0.3 is 0 Å². The van der Waals surface area contributed by atoms with E-state index in [1.165, 1.54) is 0 Å². The molecule has 0 radical (unpaired) electrons. The number of nitrogens with zero attached hydrogens (tertiary/aromatic N) is 1. The Labute approximate surface area is 137 Å². The molecule has 5 heteroatoms. The molecule has 0 aliphatic heterocycles. The Morgan fingerprint density at radius 1 is 1.30 bits per heavy atom. The van der Waals surface area contributed by atoms with Crippen LogP contribution in [0.4, 0.5) is 0 Å². The number of aromatic nitrogens is 1. The van der Waals surface area contributed by atoms with Crippen molar-refractivity contribution in [3.8, 4) is 5.75 Å². The fourth-order valence-electron chi connectivity index (χ4n) is 2.13. The highest BCUT2D eigenvalue weighted by Gasteiger charge is 2.06. The van der Waals surface area contributed by atoms with Crippen molar-refractivity contribution in [1.82, 2.24) is 10.5 Å². The quantitative estimate of drug-likeness (QED) is 0.732. The number of aryl methyl sites for hydroxylation is 1. The second-order valence-electron chi connectivity index (χ2n) is 5.72. The van der Waals surface area contributed by atoms with E-state index < -0.39 is 6.23 Å². The van der Waals surface area contributed by atoms with Gasteiger partial charge in [0.25, 0.3) is 0 Å². The van der Waals surface area contributed by atoms with Crippen molar-refractivity contribution in [1.29, 1.82) is 0 Å². The second kappa shape index (κ2) is 8.50. The molecule has 0 amide bonds. The van der Waals surface area contributed by atoms with Gasteiger partial charge in [0, 0.05) is 24.1 Å². The van der Waals surface area contributed by atoms with Gasteiger partial charge < -0.3 is 14.4 Å². The first-order chi connectivity index (χ1) is 11.0. The van der Waals surface area contributed by atoms with Crippen molar-refractivity contribution in [2.24, 2.45) is 0 Å². The molecule has 2 N–H and O–H groups in total. The highest BCUT2D eigenvalue weighted by atomic mass is 16.5. The lowest BCUT2D eigenvalue weighted by atomic mass is 10.2. The van der Waals surface area contributed by atoms with Crippen molar-refractivity contribution in [2.75, 3.05) is 6.61 Å². The Bertz CT molecular complexity index is 635. The van der Waals surface area contributed by atoms with Gasteiger partial charge in [-0.15, -0.1) is 0 Å². The molecule has 0 aliphatic rings. The average molecular weight is 316 g/mol. The summed E-state index contributed by atoms with van der Waals surface area (Å²) in [5.41, 5.74) is 1.80. The fraction of sp³-hybridized carbons (Fsp3) is 0.389. The maximum absolute atomic E-state index is 9.80. The first-order valence-electron chi connectivity index (χ1n) is 7.82. The first kappa shape index (κ1) is 17.2. The maximum atomic E-state index is 9.80. The fourth-order valence-corrected chi connectivity index (χ4v) is 2.13. The summed E-state index contributed by atoms with van der Waals surface area (Å²) in [6.07, 6.45) is 3.75. The van der Waals surface area contributed by atoms with Crippen LogP contribution < -0.4 is 10.1 Å². The van der Waals surface area contributed by atoms with Gasteiger partial charge in [-0.3, -0.25) is 5.32 Å². The summed E-state index contributed by atoms with van der Waals surface area (Å²) in [6, 6.07) is 9.87. The Balaban J connectivity index is 1.93. The number of aliphatic hydroxyl groups excluding tert-OH is 1. The van der Waals surface area contributed by atoms with Crippen molar-refractivity contribution in [3.63, 3.8) is 0 Å². The zero-order valence-corrected chi connectivity index (χ0v) is 13.8. The van der Waals surface area contributed by atoms with Crippen LogP contribution in [0, 0.1) is 6.92 Å². The summed E-state index contributed by atoms with van der Waals surface area (Å²) in [6.45, 7) is 6.31. The van der Waals surface area contributed by atoms with E-state index in [4.69, 9.17) is 9.26 Å². The predicted octanol–water partition coefficient (Wildman–Crippen LogP) is 3.24. The third-order valence-electron chi connectivity index (χ3n) is 3.17. The Hall–Kier alpha value is -2.11. The lowest BCUT2D eigenvalue weighted by Gasteiger charge is -2.16. The molecule has 1 heterocycles. The molecule has 0 spiro atoms. The smallest absolute Gasteiger partial charge is 0.159 e. The molecular weight excluding hydrogens is 292 g/mol. The Kier molecular flexibility index (Phi) is 6.38. The van der Waals surface area contributed by atoms with E-state index in [0.717, 1.165) is 17.0 Å². The maximum Gasteiger partial charge on any atom is 0.159 e.